The number of anilines is 1. The number of carbonyl (C=O) groups is 2. The maximum Gasteiger partial charge on any atom is 0.338 e. The smallest absolute Gasteiger partial charge is 0.338 e. The molecule has 130 valence electrons. The number of benzene rings is 2. The van der Waals surface area contributed by atoms with Gasteiger partial charge in [0.1, 0.15) is 0 Å². The van der Waals surface area contributed by atoms with Crippen LogP contribution in [0.1, 0.15) is 21.5 Å². The number of nitrogens with one attached hydrogen (secondary N) is 1. The highest BCUT2D eigenvalue weighted by Gasteiger charge is 2.11. The highest BCUT2D eigenvalue weighted by atomic mass is 16.5. The highest BCUT2D eigenvalue weighted by molar-refractivity contribution is 5.95. The summed E-state index contributed by atoms with van der Waals surface area (Å²) in [6.45, 7) is -0.346. The van der Waals surface area contributed by atoms with Gasteiger partial charge in [0.05, 0.1) is 5.56 Å². The van der Waals surface area contributed by atoms with Gasteiger partial charge in [-0.15, -0.1) is 0 Å². The molecule has 1 aromatic heterocycles. The predicted octanol–water partition coefficient (Wildman–Crippen LogP) is 3.47. The van der Waals surface area contributed by atoms with Crippen LogP contribution >= 0.6 is 0 Å². The van der Waals surface area contributed by atoms with Crippen molar-refractivity contribution in [3.05, 3.63) is 95.8 Å². The first kappa shape index (κ1) is 17.4. The van der Waals surface area contributed by atoms with Gasteiger partial charge < -0.3 is 10.1 Å². The number of pyridine rings is 1. The molecular weight excluding hydrogens is 328 g/mol. The summed E-state index contributed by atoms with van der Waals surface area (Å²) in [6, 6.07) is 20.7. The van der Waals surface area contributed by atoms with Gasteiger partial charge in [0.25, 0.3) is 5.91 Å². The number of aromatic nitrogens is 1. The van der Waals surface area contributed by atoms with E-state index in [1.54, 1.807) is 0 Å². The number of hydrogen-bond acceptors (Lipinski definition) is 4. The minimum absolute atomic E-state index is 0.346. The highest BCUT2D eigenvalue weighted by Crippen LogP contribution is 2.19. The molecule has 0 aliphatic carbocycles. The van der Waals surface area contributed by atoms with Gasteiger partial charge in [0, 0.05) is 18.1 Å². The van der Waals surface area contributed by atoms with Crippen molar-refractivity contribution in [3.8, 4) is 0 Å². The number of rotatable bonds is 6. The summed E-state index contributed by atoms with van der Waals surface area (Å²) >= 11 is 0. The summed E-state index contributed by atoms with van der Waals surface area (Å²) in [7, 11) is 0. The van der Waals surface area contributed by atoms with Gasteiger partial charge in [0.15, 0.2) is 6.61 Å². The van der Waals surface area contributed by atoms with Gasteiger partial charge in [0.2, 0.25) is 0 Å². The second-order valence-corrected chi connectivity index (χ2v) is 5.68. The molecule has 5 heteroatoms. The molecule has 26 heavy (non-hydrogen) atoms. The Labute approximate surface area is 151 Å². The summed E-state index contributed by atoms with van der Waals surface area (Å²) < 4.78 is 5.04. The topological polar surface area (TPSA) is 68.3 Å². The van der Waals surface area contributed by atoms with E-state index in [1.807, 2.05) is 54.6 Å². The lowest BCUT2D eigenvalue weighted by Crippen LogP contribution is -2.21. The molecule has 0 aliphatic rings. The van der Waals surface area contributed by atoms with E-state index in [1.165, 1.54) is 24.5 Å². The number of ether oxygens (including phenoxy) is 1. The molecule has 0 radical (unpaired) electrons. The maximum atomic E-state index is 12.2. The number of hydrogen-bond donors (Lipinski definition) is 1. The Morgan fingerprint density at radius 1 is 0.885 bits per heavy atom. The Bertz CT molecular complexity index is 880. The van der Waals surface area contributed by atoms with Crippen LogP contribution < -0.4 is 5.32 Å². The molecular formula is C21H18N2O3. The molecule has 0 spiro atoms. The normalized spacial score (nSPS) is 10.2. The fourth-order valence-electron chi connectivity index (χ4n) is 2.50. The zero-order valence-corrected chi connectivity index (χ0v) is 14.1. The van der Waals surface area contributed by atoms with Gasteiger partial charge in [-0.3, -0.25) is 9.78 Å². The molecule has 0 saturated heterocycles. The van der Waals surface area contributed by atoms with Gasteiger partial charge >= 0.3 is 5.97 Å². The fourth-order valence-corrected chi connectivity index (χ4v) is 2.50. The SMILES string of the molecule is O=C(COC(=O)c1ccncc1)Nc1ccccc1Cc1ccccc1. The van der Waals surface area contributed by atoms with Crippen LogP contribution in [-0.2, 0) is 16.0 Å². The van der Waals surface area contributed by atoms with E-state index in [9.17, 15) is 9.59 Å². The largest absolute Gasteiger partial charge is 0.452 e. The van der Waals surface area contributed by atoms with E-state index in [2.05, 4.69) is 10.3 Å². The Morgan fingerprint density at radius 3 is 2.35 bits per heavy atom. The fraction of sp³-hybridized carbons (Fsp3) is 0.0952. The van der Waals surface area contributed by atoms with Crippen LogP contribution in [0, 0.1) is 0 Å². The molecule has 1 heterocycles. The number of esters is 1. The molecule has 2 aromatic carbocycles. The average molecular weight is 346 g/mol. The van der Waals surface area contributed by atoms with Gasteiger partial charge in [-0.1, -0.05) is 48.5 Å². The summed E-state index contributed by atoms with van der Waals surface area (Å²) in [5, 5.41) is 2.81. The average Bonchev–Trinajstić information content (AvgIpc) is 2.69. The number of amides is 1. The minimum atomic E-state index is -0.555. The van der Waals surface area contributed by atoms with Crippen LogP contribution in [0.15, 0.2) is 79.1 Å². The zero-order valence-electron chi connectivity index (χ0n) is 14.1. The summed E-state index contributed by atoms with van der Waals surface area (Å²) in [5.41, 5.74) is 3.21. The van der Waals surface area contributed by atoms with Gasteiger partial charge in [-0.25, -0.2) is 4.79 Å². The Balaban J connectivity index is 1.60. The molecule has 0 saturated carbocycles. The molecule has 0 fully saturated rings. The van der Waals surface area contributed by atoms with Crippen LogP contribution in [0.3, 0.4) is 0 Å². The van der Waals surface area contributed by atoms with Crippen LogP contribution in [0.25, 0.3) is 0 Å². The lowest BCUT2D eigenvalue weighted by Gasteiger charge is -2.11. The van der Waals surface area contributed by atoms with Crippen molar-refractivity contribution < 1.29 is 14.3 Å². The quantitative estimate of drug-likeness (QED) is 0.694. The molecule has 1 N–H and O–H groups in total. The third-order valence-corrected chi connectivity index (χ3v) is 3.78. The minimum Gasteiger partial charge on any atom is -0.452 e. The Hall–Kier alpha value is -3.47. The molecule has 3 rings (SSSR count). The number of carbonyl (C=O) groups excluding carboxylic acids is 2. The first-order valence-electron chi connectivity index (χ1n) is 8.21. The number of para-hydroxylation sites is 1. The number of nitrogens with zero attached hydrogens (tertiary/aromatic N) is 1. The Kier molecular flexibility index (Phi) is 5.72. The van der Waals surface area contributed by atoms with E-state index < -0.39 is 5.97 Å². The zero-order chi connectivity index (χ0) is 18.2. The van der Waals surface area contributed by atoms with Gasteiger partial charge in [-0.2, -0.15) is 0 Å². The molecule has 5 nitrogen and oxygen atoms in total. The summed E-state index contributed by atoms with van der Waals surface area (Å²) in [6.07, 6.45) is 3.70. The predicted molar refractivity (Wildman–Crippen MR) is 98.8 cm³/mol. The lowest BCUT2D eigenvalue weighted by atomic mass is 10.0. The third kappa shape index (κ3) is 4.77. The van der Waals surface area contributed by atoms with E-state index >= 15 is 0 Å². The monoisotopic (exact) mass is 346 g/mol. The van der Waals surface area contributed by atoms with Crippen molar-refractivity contribution in [2.24, 2.45) is 0 Å². The van der Waals surface area contributed by atoms with Gasteiger partial charge in [-0.05, 0) is 35.7 Å². The van der Waals surface area contributed by atoms with Crippen molar-refractivity contribution in [2.45, 2.75) is 6.42 Å². The van der Waals surface area contributed by atoms with Crippen LogP contribution in [-0.4, -0.2) is 23.5 Å². The second-order valence-electron chi connectivity index (χ2n) is 5.68. The molecule has 1 amide bonds. The molecule has 0 unspecified atom stereocenters. The molecule has 3 aromatic rings. The van der Waals surface area contributed by atoms with E-state index in [4.69, 9.17) is 4.74 Å². The molecule has 0 bridgehead atoms. The van der Waals surface area contributed by atoms with Crippen molar-refractivity contribution in [1.82, 2.24) is 4.98 Å². The molecule has 0 aliphatic heterocycles. The van der Waals surface area contributed by atoms with Crippen molar-refractivity contribution in [2.75, 3.05) is 11.9 Å². The standard InChI is InChI=1S/C21H18N2O3/c24-20(15-26-21(25)17-10-12-22-13-11-17)23-19-9-5-4-8-18(19)14-16-6-2-1-3-7-16/h1-13H,14-15H2,(H,23,24). The second kappa shape index (κ2) is 8.58. The first-order chi connectivity index (χ1) is 12.7. The summed E-state index contributed by atoms with van der Waals surface area (Å²) in [4.78, 5) is 27.9. The Morgan fingerprint density at radius 2 is 1.58 bits per heavy atom. The summed E-state index contributed by atoms with van der Waals surface area (Å²) in [5.74, 6) is -0.937. The van der Waals surface area contributed by atoms with E-state index in [0.717, 1.165) is 11.1 Å². The maximum absolute atomic E-state index is 12.2. The molecule has 0 atom stereocenters. The van der Waals surface area contributed by atoms with E-state index in [-0.39, 0.29) is 12.5 Å². The van der Waals surface area contributed by atoms with E-state index in [0.29, 0.717) is 17.7 Å². The van der Waals surface area contributed by atoms with Crippen molar-refractivity contribution >= 4 is 17.6 Å². The first-order valence-corrected chi connectivity index (χ1v) is 8.21. The van der Waals surface area contributed by atoms with Crippen LogP contribution in [0.4, 0.5) is 5.69 Å². The van der Waals surface area contributed by atoms with Crippen molar-refractivity contribution in [3.63, 3.8) is 0 Å². The van der Waals surface area contributed by atoms with Crippen molar-refractivity contribution in [1.29, 1.82) is 0 Å². The van der Waals surface area contributed by atoms with Crippen LogP contribution in [0.5, 0.6) is 0 Å². The third-order valence-electron chi connectivity index (χ3n) is 3.78. The lowest BCUT2D eigenvalue weighted by molar-refractivity contribution is -0.119. The van der Waals surface area contributed by atoms with Crippen LogP contribution in [0.2, 0.25) is 0 Å².